The predicted molar refractivity (Wildman–Crippen MR) is 98.4 cm³/mol. The van der Waals surface area contributed by atoms with Gasteiger partial charge in [-0.1, -0.05) is 6.92 Å². The summed E-state index contributed by atoms with van der Waals surface area (Å²) in [5.41, 5.74) is 3.20. The van der Waals surface area contributed by atoms with Crippen molar-refractivity contribution in [2.24, 2.45) is 4.99 Å². The van der Waals surface area contributed by atoms with Gasteiger partial charge in [0.2, 0.25) is 0 Å². The maximum Gasteiger partial charge on any atom is 0.191 e. The van der Waals surface area contributed by atoms with Gasteiger partial charge >= 0.3 is 0 Å². The van der Waals surface area contributed by atoms with Crippen LogP contribution >= 0.6 is 24.0 Å². The van der Waals surface area contributed by atoms with E-state index in [0.29, 0.717) is 12.6 Å². The second kappa shape index (κ2) is 8.21. The van der Waals surface area contributed by atoms with Crippen LogP contribution in [0.2, 0.25) is 0 Å². The molecule has 1 unspecified atom stereocenters. The number of imidazole rings is 1. The van der Waals surface area contributed by atoms with Gasteiger partial charge in [0, 0.05) is 25.5 Å². The van der Waals surface area contributed by atoms with Gasteiger partial charge in [0.25, 0.3) is 0 Å². The van der Waals surface area contributed by atoms with Crippen molar-refractivity contribution in [1.82, 2.24) is 20.0 Å². The van der Waals surface area contributed by atoms with E-state index >= 15 is 0 Å². The summed E-state index contributed by atoms with van der Waals surface area (Å²) in [6, 6.07) is 4.57. The van der Waals surface area contributed by atoms with E-state index in [-0.39, 0.29) is 24.0 Å². The van der Waals surface area contributed by atoms with Gasteiger partial charge in [0.1, 0.15) is 5.65 Å². The summed E-state index contributed by atoms with van der Waals surface area (Å²) in [4.78, 5) is 8.82. The number of hydrogen-bond acceptors (Lipinski definition) is 2. The highest BCUT2D eigenvalue weighted by molar-refractivity contribution is 14.0. The zero-order valence-electron chi connectivity index (χ0n) is 13.1. The molecule has 6 heteroatoms. The highest BCUT2D eigenvalue weighted by Crippen LogP contribution is 2.07. The van der Waals surface area contributed by atoms with Crippen LogP contribution in [0.15, 0.2) is 29.5 Å². The Bertz CT molecular complexity index is 605. The summed E-state index contributed by atoms with van der Waals surface area (Å²) in [7, 11) is 1.78. The van der Waals surface area contributed by atoms with Crippen molar-refractivity contribution < 1.29 is 0 Å². The SMILES string of the molecule is CCC(C)NC(=NC)NCc1cn2ccc(C)cc2n1.I. The molecule has 116 valence electrons. The minimum Gasteiger partial charge on any atom is -0.354 e. The number of halogens is 1. The number of guanidine groups is 1. The normalized spacial score (nSPS) is 12.9. The summed E-state index contributed by atoms with van der Waals surface area (Å²) in [5.74, 6) is 0.813. The summed E-state index contributed by atoms with van der Waals surface area (Å²) >= 11 is 0. The van der Waals surface area contributed by atoms with Crippen molar-refractivity contribution in [3.63, 3.8) is 0 Å². The Balaban J connectivity index is 0.00000220. The molecule has 2 aromatic heterocycles. The molecule has 0 fully saturated rings. The lowest BCUT2D eigenvalue weighted by atomic mass is 10.3. The molecule has 0 aliphatic heterocycles. The van der Waals surface area contributed by atoms with Crippen LogP contribution in [0.1, 0.15) is 31.5 Å². The minimum absolute atomic E-state index is 0. The minimum atomic E-state index is 0. The molecule has 0 radical (unpaired) electrons. The van der Waals surface area contributed by atoms with E-state index in [1.54, 1.807) is 7.05 Å². The molecule has 0 amide bonds. The van der Waals surface area contributed by atoms with Crippen LogP contribution in [0.25, 0.3) is 5.65 Å². The molecular weight excluding hydrogens is 377 g/mol. The topological polar surface area (TPSA) is 53.7 Å². The molecule has 5 nitrogen and oxygen atoms in total. The Labute approximate surface area is 143 Å². The van der Waals surface area contributed by atoms with E-state index in [9.17, 15) is 0 Å². The van der Waals surface area contributed by atoms with Crippen LogP contribution in [-0.2, 0) is 6.54 Å². The Morgan fingerprint density at radius 3 is 2.90 bits per heavy atom. The standard InChI is InChI=1S/C15H23N5.HI/c1-5-12(3)18-15(16-4)17-9-13-10-20-7-6-11(2)8-14(20)19-13;/h6-8,10,12H,5,9H2,1-4H3,(H2,16,17,18);1H. The highest BCUT2D eigenvalue weighted by atomic mass is 127. The van der Waals surface area contributed by atoms with Gasteiger partial charge in [-0.25, -0.2) is 4.98 Å². The predicted octanol–water partition coefficient (Wildman–Crippen LogP) is 2.72. The lowest BCUT2D eigenvalue weighted by Crippen LogP contribution is -2.41. The molecule has 21 heavy (non-hydrogen) atoms. The molecule has 0 saturated heterocycles. The molecule has 2 heterocycles. The van der Waals surface area contributed by atoms with Crippen molar-refractivity contribution >= 4 is 35.6 Å². The first-order valence-corrected chi connectivity index (χ1v) is 7.03. The Hall–Kier alpha value is -1.31. The fraction of sp³-hybridized carbons (Fsp3) is 0.467. The van der Waals surface area contributed by atoms with Crippen molar-refractivity contribution in [2.45, 2.75) is 39.8 Å². The molecule has 0 saturated carbocycles. The van der Waals surface area contributed by atoms with Crippen LogP contribution in [-0.4, -0.2) is 28.4 Å². The fourth-order valence-corrected chi connectivity index (χ4v) is 1.93. The number of nitrogens with zero attached hydrogens (tertiary/aromatic N) is 3. The maximum absolute atomic E-state index is 4.60. The van der Waals surface area contributed by atoms with Crippen LogP contribution < -0.4 is 10.6 Å². The van der Waals surface area contributed by atoms with Gasteiger partial charge < -0.3 is 15.0 Å². The fourth-order valence-electron chi connectivity index (χ4n) is 1.93. The van der Waals surface area contributed by atoms with Crippen LogP contribution in [0.5, 0.6) is 0 Å². The molecule has 2 aromatic rings. The number of rotatable bonds is 4. The van der Waals surface area contributed by atoms with E-state index in [2.05, 4.69) is 53.5 Å². The van der Waals surface area contributed by atoms with Crippen molar-refractivity contribution in [2.75, 3.05) is 7.05 Å². The molecule has 1 atom stereocenters. The quantitative estimate of drug-likeness (QED) is 0.471. The van der Waals surface area contributed by atoms with E-state index in [1.807, 2.05) is 16.8 Å². The van der Waals surface area contributed by atoms with Gasteiger partial charge in [-0.2, -0.15) is 0 Å². The third-order valence-corrected chi connectivity index (χ3v) is 3.32. The molecule has 2 N–H and O–H groups in total. The number of aryl methyl sites for hydroxylation is 1. The third-order valence-electron chi connectivity index (χ3n) is 3.32. The van der Waals surface area contributed by atoms with Crippen molar-refractivity contribution in [3.8, 4) is 0 Å². The number of aromatic nitrogens is 2. The average Bonchev–Trinajstić information content (AvgIpc) is 2.84. The average molecular weight is 401 g/mol. The van der Waals surface area contributed by atoms with Gasteiger partial charge in [0.05, 0.1) is 12.2 Å². The monoisotopic (exact) mass is 401 g/mol. The third kappa shape index (κ3) is 4.87. The zero-order valence-corrected chi connectivity index (χ0v) is 15.4. The lowest BCUT2D eigenvalue weighted by Gasteiger charge is -2.15. The second-order valence-electron chi connectivity index (χ2n) is 5.08. The summed E-state index contributed by atoms with van der Waals surface area (Å²) in [6.07, 6.45) is 5.14. The van der Waals surface area contributed by atoms with Gasteiger partial charge in [-0.05, 0) is 38.0 Å². The molecule has 0 aliphatic carbocycles. The first-order valence-electron chi connectivity index (χ1n) is 7.03. The van der Waals surface area contributed by atoms with Gasteiger partial charge in [0.15, 0.2) is 5.96 Å². The summed E-state index contributed by atoms with van der Waals surface area (Å²) in [5, 5.41) is 6.62. The van der Waals surface area contributed by atoms with Gasteiger partial charge in [-0.15, -0.1) is 24.0 Å². The number of fused-ring (bicyclic) bond motifs is 1. The Kier molecular flexibility index (Phi) is 6.94. The van der Waals surface area contributed by atoms with Crippen LogP contribution in [0.4, 0.5) is 0 Å². The van der Waals surface area contributed by atoms with Crippen molar-refractivity contribution in [1.29, 1.82) is 0 Å². The van der Waals surface area contributed by atoms with E-state index in [4.69, 9.17) is 0 Å². The Morgan fingerprint density at radius 1 is 1.48 bits per heavy atom. The van der Waals surface area contributed by atoms with E-state index < -0.39 is 0 Å². The van der Waals surface area contributed by atoms with Crippen LogP contribution in [0, 0.1) is 6.92 Å². The zero-order chi connectivity index (χ0) is 14.5. The van der Waals surface area contributed by atoms with Crippen LogP contribution in [0.3, 0.4) is 0 Å². The first kappa shape index (κ1) is 17.7. The van der Waals surface area contributed by atoms with E-state index in [1.165, 1.54) is 5.56 Å². The highest BCUT2D eigenvalue weighted by Gasteiger charge is 2.05. The second-order valence-corrected chi connectivity index (χ2v) is 5.08. The largest absolute Gasteiger partial charge is 0.354 e. The molecule has 0 aromatic carbocycles. The number of pyridine rings is 1. The molecule has 0 bridgehead atoms. The van der Waals surface area contributed by atoms with Crippen molar-refractivity contribution in [3.05, 3.63) is 35.8 Å². The molecular formula is C15H24IN5. The van der Waals surface area contributed by atoms with E-state index in [0.717, 1.165) is 23.7 Å². The Morgan fingerprint density at radius 2 is 2.24 bits per heavy atom. The molecule has 2 rings (SSSR count). The first-order chi connectivity index (χ1) is 9.62. The number of hydrogen-bond donors (Lipinski definition) is 2. The summed E-state index contributed by atoms with van der Waals surface area (Å²) in [6.45, 7) is 7.03. The van der Waals surface area contributed by atoms with Gasteiger partial charge in [-0.3, -0.25) is 4.99 Å². The number of aliphatic imine (C=N–C) groups is 1. The smallest absolute Gasteiger partial charge is 0.191 e. The molecule has 0 spiro atoms. The summed E-state index contributed by atoms with van der Waals surface area (Å²) < 4.78 is 2.04. The lowest BCUT2D eigenvalue weighted by molar-refractivity contribution is 0.623. The maximum atomic E-state index is 4.60. The number of nitrogens with one attached hydrogen (secondary N) is 2. The molecule has 0 aliphatic rings.